The van der Waals surface area contributed by atoms with Gasteiger partial charge in [-0.3, -0.25) is 4.79 Å². The molecule has 4 heteroatoms. The van der Waals surface area contributed by atoms with Gasteiger partial charge in [-0.05, 0) is 6.42 Å². The molecule has 0 aliphatic carbocycles. The quantitative estimate of drug-likeness (QED) is 0.484. The topological polar surface area (TPSA) is 66.4 Å². The predicted octanol–water partition coefficient (Wildman–Crippen LogP) is -0.483. The molecule has 0 bridgehead atoms. The van der Waals surface area contributed by atoms with E-state index in [2.05, 4.69) is 5.32 Å². The van der Waals surface area contributed by atoms with Crippen molar-refractivity contribution in [3.8, 4) is 0 Å². The van der Waals surface area contributed by atoms with Crippen molar-refractivity contribution in [2.45, 2.75) is 6.42 Å². The molecule has 1 aliphatic rings. The van der Waals surface area contributed by atoms with E-state index in [-0.39, 0.29) is 5.57 Å². The lowest BCUT2D eigenvalue weighted by atomic mass is 10.1. The zero-order valence-corrected chi connectivity index (χ0v) is 5.26. The Balaban J connectivity index is 2.81. The number of aliphatic carboxylic acids is 1. The zero-order chi connectivity index (χ0) is 7.56. The van der Waals surface area contributed by atoms with E-state index in [1.807, 2.05) is 0 Å². The minimum Gasteiger partial charge on any atom is -0.478 e. The molecule has 0 aromatic rings. The summed E-state index contributed by atoms with van der Waals surface area (Å²) in [6, 6.07) is 0. The van der Waals surface area contributed by atoms with Crippen LogP contribution < -0.4 is 5.32 Å². The molecule has 1 aliphatic heterocycles. The van der Waals surface area contributed by atoms with E-state index < -0.39 is 11.9 Å². The smallest absolute Gasteiger partial charge is 0.340 e. The lowest BCUT2D eigenvalue weighted by Gasteiger charge is -2.08. The average Bonchev–Trinajstić information content (AvgIpc) is 1.88. The highest BCUT2D eigenvalue weighted by atomic mass is 16.4. The molecule has 0 fully saturated rings. The number of carboxylic acids is 1. The van der Waals surface area contributed by atoms with E-state index in [9.17, 15) is 9.59 Å². The maximum atomic E-state index is 10.7. The minimum absolute atomic E-state index is 0.147. The first kappa shape index (κ1) is 6.80. The van der Waals surface area contributed by atoms with Crippen molar-refractivity contribution in [1.29, 1.82) is 0 Å². The summed E-state index contributed by atoms with van der Waals surface area (Å²) in [6.07, 6.45) is 2.04. The van der Waals surface area contributed by atoms with Gasteiger partial charge in [-0.25, -0.2) is 4.79 Å². The van der Waals surface area contributed by atoms with E-state index in [0.717, 1.165) is 0 Å². The highest BCUT2D eigenvalue weighted by Crippen LogP contribution is 2.01. The van der Waals surface area contributed by atoms with Gasteiger partial charge in [0.05, 0.1) is 0 Å². The van der Waals surface area contributed by atoms with Crippen molar-refractivity contribution < 1.29 is 14.7 Å². The molecule has 1 heterocycles. The van der Waals surface area contributed by atoms with E-state index in [0.29, 0.717) is 13.0 Å². The fourth-order valence-electron chi connectivity index (χ4n) is 0.775. The van der Waals surface area contributed by atoms with Crippen LogP contribution in [0.25, 0.3) is 0 Å². The highest BCUT2D eigenvalue weighted by molar-refractivity contribution is 6.15. The summed E-state index contributed by atoms with van der Waals surface area (Å²) in [5.74, 6) is -1.64. The number of carbonyl (C=O) groups is 2. The molecule has 2 N–H and O–H groups in total. The first-order valence-electron chi connectivity index (χ1n) is 2.93. The molecule has 0 atom stereocenters. The van der Waals surface area contributed by atoms with Gasteiger partial charge in [0, 0.05) is 6.54 Å². The summed E-state index contributed by atoms with van der Waals surface area (Å²) in [5, 5.41) is 10.8. The molecule has 1 rings (SSSR count). The molecule has 0 spiro atoms. The van der Waals surface area contributed by atoms with E-state index in [4.69, 9.17) is 5.11 Å². The second kappa shape index (κ2) is 2.51. The Kier molecular flexibility index (Phi) is 1.71. The van der Waals surface area contributed by atoms with Crippen LogP contribution >= 0.6 is 0 Å². The van der Waals surface area contributed by atoms with Crippen LogP contribution in [0.5, 0.6) is 0 Å². The third-order valence-electron chi connectivity index (χ3n) is 1.25. The molecule has 0 radical (unpaired) electrons. The maximum Gasteiger partial charge on any atom is 0.340 e. The number of amides is 1. The van der Waals surface area contributed by atoms with Gasteiger partial charge in [0.1, 0.15) is 5.57 Å². The van der Waals surface area contributed by atoms with Gasteiger partial charge in [0.2, 0.25) is 0 Å². The van der Waals surface area contributed by atoms with Crippen molar-refractivity contribution in [2.24, 2.45) is 0 Å². The number of carbonyl (C=O) groups excluding carboxylic acids is 1. The SMILES string of the molecule is O=C(O)C1=CCCNC1=O. The largest absolute Gasteiger partial charge is 0.478 e. The molecule has 10 heavy (non-hydrogen) atoms. The van der Waals surface area contributed by atoms with Gasteiger partial charge >= 0.3 is 5.97 Å². The highest BCUT2D eigenvalue weighted by Gasteiger charge is 2.18. The van der Waals surface area contributed by atoms with Gasteiger partial charge in [0.25, 0.3) is 5.91 Å². The Hall–Kier alpha value is -1.32. The first-order valence-corrected chi connectivity index (χ1v) is 2.93. The van der Waals surface area contributed by atoms with Crippen molar-refractivity contribution in [3.63, 3.8) is 0 Å². The molecule has 54 valence electrons. The average molecular weight is 141 g/mol. The van der Waals surface area contributed by atoms with Crippen LogP contribution in [0.15, 0.2) is 11.6 Å². The summed E-state index contributed by atoms with van der Waals surface area (Å²) in [4.78, 5) is 20.9. The Bertz CT molecular complexity index is 207. The molecule has 4 nitrogen and oxygen atoms in total. The van der Waals surface area contributed by atoms with Crippen LogP contribution in [-0.4, -0.2) is 23.5 Å². The molecule has 0 unspecified atom stereocenters. The standard InChI is InChI=1S/C6H7NO3/c8-5-4(6(9)10)2-1-3-7-5/h2H,1,3H2,(H,7,8)(H,9,10). The van der Waals surface area contributed by atoms with E-state index in [1.54, 1.807) is 0 Å². The third-order valence-corrected chi connectivity index (χ3v) is 1.25. The van der Waals surface area contributed by atoms with Gasteiger partial charge in [-0.1, -0.05) is 6.08 Å². The van der Waals surface area contributed by atoms with Crippen molar-refractivity contribution in [1.82, 2.24) is 5.32 Å². The lowest BCUT2D eigenvalue weighted by molar-refractivity contribution is -0.135. The normalized spacial score (nSPS) is 17.6. The molecule has 1 amide bonds. The van der Waals surface area contributed by atoms with Crippen LogP contribution in [0.2, 0.25) is 0 Å². The fourth-order valence-corrected chi connectivity index (χ4v) is 0.775. The van der Waals surface area contributed by atoms with Crippen LogP contribution in [0.1, 0.15) is 6.42 Å². The van der Waals surface area contributed by atoms with Gasteiger partial charge in [0.15, 0.2) is 0 Å². The Morgan fingerprint density at radius 2 is 2.40 bits per heavy atom. The first-order chi connectivity index (χ1) is 4.72. The summed E-state index contributed by atoms with van der Waals surface area (Å²) in [6.45, 7) is 0.537. The number of nitrogens with one attached hydrogen (secondary N) is 1. The molecule has 0 saturated carbocycles. The van der Waals surface area contributed by atoms with Crippen molar-refractivity contribution >= 4 is 11.9 Å². The summed E-state index contributed by atoms with van der Waals surface area (Å²) in [7, 11) is 0. The zero-order valence-electron chi connectivity index (χ0n) is 5.26. The Morgan fingerprint density at radius 3 is 2.80 bits per heavy atom. The van der Waals surface area contributed by atoms with E-state index in [1.165, 1.54) is 6.08 Å². The van der Waals surface area contributed by atoms with Gasteiger partial charge in [-0.2, -0.15) is 0 Å². The Labute approximate surface area is 57.5 Å². The van der Waals surface area contributed by atoms with Crippen LogP contribution in [0.4, 0.5) is 0 Å². The van der Waals surface area contributed by atoms with Crippen LogP contribution in [-0.2, 0) is 9.59 Å². The fraction of sp³-hybridized carbons (Fsp3) is 0.333. The van der Waals surface area contributed by atoms with E-state index >= 15 is 0 Å². The number of rotatable bonds is 1. The molecule has 0 saturated heterocycles. The lowest BCUT2D eigenvalue weighted by Crippen LogP contribution is -2.32. The third kappa shape index (κ3) is 1.15. The van der Waals surface area contributed by atoms with Crippen LogP contribution in [0, 0.1) is 0 Å². The second-order valence-electron chi connectivity index (χ2n) is 1.97. The monoisotopic (exact) mass is 141 g/mol. The summed E-state index contributed by atoms with van der Waals surface area (Å²) in [5.41, 5.74) is -0.147. The molecular formula is C6H7NO3. The Morgan fingerprint density at radius 1 is 1.70 bits per heavy atom. The molecule has 0 aromatic heterocycles. The number of carboxylic acid groups (broad SMARTS) is 1. The van der Waals surface area contributed by atoms with Gasteiger partial charge in [-0.15, -0.1) is 0 Å². The molecule has 0 aromatic carbocycles. The second-order valence-corrected chi connectivity index (χ2v) is 1.97. The number of hydrogen-bond donors (Lipinski definition) is 2. The maximum absolute atomic E-state index is 10.7. The number of hydrogen-bond acceptors (Lipinski definition) is 2. The van der Waals surface area contributed by atoms with Crippen molar-refractivity contribution in [2.75, 3.05) is 6.54 Å². The molecular weight excluding hydrogens is 134 g/mol. The van der Waals surface area contributed by atoms with Gasteiger partial charge < -0.3 is 10.4 Å². The minimum atomic E-state index is -1.16. The summed E-state index contributed by atoms with van der Waals surface area (Å²) >= 11 is 0. The van der Waals surface area contributed by atoms with Crippen molar-refractivity contribution in [3.05, 3.63) is 11.6 Å². The summed E-state index contributed by atoms with van der Waals surface area (Å²) < 4.78 is 0. The van der Waals surface area contributed by atoms with Crippen LogP contribution in [0.3, 0.4) is 0 Å². The predicted molar refractivity (Wildman–Crippen MR) is 33.3 cm³/mol.